The Bertz CT molecular complexity index is 1680. The Morgan fingerprint density at radius 2 is 1.80 bits per heavy atom. The third kappa shape index (κ3) is 8.49. The molecule has 0 fully saturated rings. The van der Waals surface area contributed by atoms with Gasteiger partial charge in [-0.05, 0) is 49.7 Å². The van der Waals surface area contributed by atoms with Gasteiger partial charge in [0, 0.05) is 26.3 Å². The highest BCUT2D eigenvalue weighted by Gasteiger charge is 2.32. The van der Waals surface area contributed by atoms with E-state index in [1.807, 2.05) is 18.2 Å². The maximum Gasteiger partial charge on any atom is 0.338 e. The van der Waals surface area contributed by atoms with Crippen LogP contribution in [0, 0.1) is 0 Å². The predicted octanol–water partition coefficient (Wildman–Crippen LogP) is 5.42. The van der Waals surface area contributed by atoms with Gasteiger partial charge >= 0.3 is 12.0 Å². The SMILES string of the molecule is CCOC(=O)C1=C(C)NC(=O)N[C@@H]1c1ccc(OCC(=O)N/N=C/c2cc(Br)cc(OC)c2OCc2ccccc2Cl)c(OC)c1. The van der Waals surface area contributed by atoms with Gasteiger partial charge in [-0.1, -0.05) is 51.8 Å². The van der Waals surface area contributed by atoms with E-state index in [-0.39, 0.29) is 36.9 Å². The molecule has 4 rings (SSSR count). The van der Waals surface area contributed by atoms with Gasteiger partial charge in [-0.2, -0.15) is 5.10 Å². The summed E-state index contributed by atoms with van der Waals surface area (Å²) in [6, 6.07) is 14.4. The van der Waals surface area contributed by atoms with Crippen molar-refractivity contribution in [1.82, 2.24) is 16.1 Å². The quantitative estimate of drug-likeness (QED) is 0.121. The number of hydrogen-bond donors (Lipinski definition) is 3. The molecular weight excluding hydrogens is 684 g/mol. The number of nitrogens with one attached hydrogen (secondary N) is 3. The van der Waals surface area contributed by atoms with E-state index in [0.29, 0.717) is 37.8 Å². The second-order valence-corrected chi connectivity index (χ2v) is 11.0. The first-order valence-corrected chi connectivity index (χ1v) is 15.1. The van der Waals surface area contributed by atoms with Crippen molar-refractivity contribution in [2.75, 3.05) is 27.4 Å². The van der Waals surface area contributed by atoms with Gasteiger partial charge in [0.15, 0.2) is 29.6 Å². The Morgan fingerprint density at radius 3 is 2.52 bits per heavy atom. The topological polar surface area (TPSA) is 146 Å². The molecule has 242 valence electrons. The van der Waals surface area contributed by atoms with Gasteiger partial charge in [-0.15, -0.1) is 0 Å². The highest BCUT2D eigenvalue weighted by Crippen LogP contribution is 2.36. The fraction of sp³-hybridized carbons (Fsp3) is 0.250. The molecule has 0 unspecified atom stereocenters. The van der Waals surface area contributed by atoms with Crippen LogP contribution in [0.1, 0.15) is 36.6 Å². The van der Waals surface area contributed by atoms with Crippen LogP contribution in [-0.2, 0) is 20.9 Å². The molecule has 46 heavy (non-hydrogen) atoms. The molecule has 0 aromatic heterocycles. The van der Waals surface area contributed by atoms with E-state index in [1.165, 1.54) is 20.4 Å². The van der Waals surface area contributed by atoms with Gasteiger partial charge in [0.2, 0.25) is 0 Å². The van der Waals surface area contributed by atoms with Crippen LogP contribution >= 0.6 is 27.5 Å². The Hall–Kier alpha value is -4.75. The van der Waals surface area contributed by atoms with Crippen LogP contribution in [0.4, 0.5) is 4.79 Å². The van der Waals surface area contributed by atoms with Crippen LogP contribution in [0.5, 0.6) is 23.0 Å². The number of hydrogen-bond acceptors (Lipinski definition) is 9. The van der Waals surface area contributed by atoms with E-state index in [4.69, 9.17) is 35.3 Å². The fourth-order valence-electron chi connectivity index (χ4n) is 4.51. The second kappa shape index (κ2) is 16.0. The van der Waals surface area contributed by atoms with Crippen molar-refractivity contribution in [3.05, 3.63) is 92.1 Å². The van der Waals surface area contributed by atoms with Gasteiger partial charge in [0.1, 0.15) is 6.61 Å². The summed E-state index contributed by atoms with van der Waals surface area (Å²) in [6.07, 6.45) is 1.42. The van der Waals surface area contributed by atoms with Crippen molar-refractivity contribution in [3.8, 4) is 23.0 Å². The third-order valence-corrected chi connectivity index (χ3v) is 7.46. The van der Waals surface area contributed by atoms with Crippen molar-refractivity contribution in [2.45, 2.75) is 26.5 Å². The highest BCUT2D eigenvalue weighted by atomic mass is 79.9. The van der Waals surface area contributed by atoms with Gasteiger partial charge in [0.25, 0.3) is 5.91 Å². The van der Waals surface area contributed by atoms with E-state index in [2.05, 4.69) is 37.1 Å². The summed E-state index contributed by atoms with van der Waals surface area (Å²) in [5.74, 6) is 0.300. The molecule has 1 aliphatic rings. The van der Waals surface area contributed by atoms with E-state index < -0.39 is 23.9 Å². The normalized spacial score (nSPS) is 14.3. The summed E-state index contributed by atoms with van der Waals surface area (Å²) in [7, 11) is 2.95. The van der Waals surface area contributed by atoms with Crippen molar-refractivity contribution in [1.29, 1.82) is 0 Å². The maximum absolute atomic E-state index is 12.6. The van der Waals surface area contributed by atoms with Crippen LogP contribution in [-0.4, -0.2) is 51.6 Å². The minimum Gasteiger partial charge on any atom is -0.493 e. The molecule has 3 N–H and O–H groups in total. The maximum atomic E-state index is 12.6. The first-order chi connectivity index (χ1) is 22.1. The Labute approximate surface area is 279 Å². The number of carbonyl (C=O) groups is 3. The average Bonchev–Trinajstić information content (AvgIpc) is 3.03. The first-order valence-electron chi connectivity index (χ1n) is 14.0. The Morgan fingerprint density at radius 1 is 1.04 bits per heavy atom. The zero-order valence-corrected chi connectivity index (χ0v) is 27.8. The van der Waals surface area contributed by atoms with E-state index in [0.717, 1.165) is 5.56 Å². The van der Waals surface area contributed by atoms with Crippen molar-refractivity contribution in [3.63, 3.8) is 0 Å². The number of amides is 3. The molecule has 0 radical (unpaired) electrons. The number of ether oxygens (including phenoxy) is 5. The number of nitrogens with zero attached hydrogens (tertiary/aromatic N) is 1. The molecule has 3 amide bonds. The number of urea groups is 1. The molecule has 0 spiro atoms. The largest absolute Gasteiger partial charge is 0.493 e. The molecule has 0 saturated heterocycles. The lowest BCUT2D eigenvalue weighted by Crippen LogP contribution is -2.45. The molecule has 3 aromatic carbocycles. The van der Waals surface area contributed by atoms with Crippen LogP contribution in [0.25, 0.3) is 0 Å². The lowest BCUT2D eigenvalue weighted by molar-refractivity contribution is -0.139. The summed E-state index contributed by atoms with van der Waals surface area (Å²) in [5, 5.41) is 9.95. The standard InChI is InChI=1S/C32H32BrClN4O8/c1-5-44-31(40)28-18(2)36-32(41)37-29(28)19-10-11-24(25(13-19)42-3)45-17-27(39)38-35-15-21-12-22(33)14-26(43-4)30(21)46-16-20-8-6-7-9-23(20)34/h6-15,29H,5,16-17H2,1-4H3,(H,38,39)(H2,36,37,41)/b35-15+/t29-/m1/s1. The van der Waals surface area contributed by atoms with E-state index >= 15 is 0 Å². The van der Waals surface area contributed by atoms with Gasteiger partial charge < -0.3 is 34.3 Å². The number of benzene rings is 3. The summed E-state index contributed by atoms with van der Waals surface area (Å²) in [6.45, 7) is 3.29. The molecular formula is C32H32BrClN4O8. The minimum atomic E-state index is -0.788. The zero-order chi connectivity index (χ0) is 33.2. The Kier molecular flexibility index (Phi) is 11.9. The summed E-state index contributed by atoms with van der Waals surface area (Å²) in [5.41, 5.74) is 4.94. The molecule has 12 nitrogen and oxygen atoms in total. The second-order valence-electron chi connectivity index (χ2n) is 9.69. The number of halogens is 2. The average molecular weight is 716 g/mol. The highest BCUT2D eigenvalue weighted by molar-refractivity contribution is 9.10. The Balaban J connectivity index is 1.43. The zero-order valence-electron chi connectivity index (χ0n) is 25.4. The van der Waals surface area contributed by atoms with Crippen molar-refractivity contribution in [2.24, 2.45) is 5.10 Å². The molecule has 1 heterocycles. The number of carbonyl (C=O) groups excluding carboxylic acids is 3. The minimum absolute atomic E-state index is 0.175. The van der Waals surface area contributed by atoms with Crippen LogP contribution in [0.3, 0.4) is 0 Å². The van der Waals surface area contributed by atoms with E-state index in [9.17, 15) is 14.4 Å². The number of hydrazone groups is 1. The number of allylic oxidation sites excluding steroid dienone is 1. The number of methoxy groups -OCH3 is 2. The predicted molar refractivity (Wildman–Crippen MR) is 174 cm³/mol. The lowest BCUT2D eigenvalue weighted by atomic mass is 9.95. The molecule has 3 aromatic rings. The van der Waals surface area contributed by atoms with E-state index in [1.54, 1.807) is 50.2 Å². The van der Waals surface area contributed by atoms with Gasteiger partial charge in [-0.25, -0.2) is 15.0 Å². The summed E-state index contributed by atoms with van der Waals surface area (Å²) in [4.78, 5) is 37.4. The van der Waals surface area contributed by atoms with Crippen molar-refractivity contribution >= 4 is 51.7 Å². The smallest absolute Gasteiger partial charge is 0.338 e. The first kappa shape index (κ1) is 34.1. The number of rotatable bonds is 13. The number of esters is 1. The third-order valence-electron chi connectivity index (χ3n) is 6.64. The van der Waals surface area contributed by atoms with Gasteiger partial charge in [0.05, 0.1) is 38.7 Å². The van der Waals surface area contributed by atoms with Crippen LogP contribution in [0.15, 0.2) is 75.4 Å². The fourth-order valence-corrected chi connectivity index (χ4v) is 5.16. The van der Waals surface area contributed by atoms with Crippen molar-refractivity contribution < 1.29 is 38.1 Å². The van der Waals surface area contributed by atoms with Crippen LogP contribution in [0.2, 0.25) is 5.02 Å². The van der Waals surface area contributed by atoms with Gasteiger partial charge in [-0.3, -0.25) is 4.79 Å². The summed E-state index contributed by atoms with van der Waals surface area (Å²) < 4.78 is 28.6. The lowest BCUT2D eigenvalue weighted by Gasteiger charge is -2.28. The molecule has 14 heteroatoms. The molecule has 1 atom stereocenters. The molecule has 0 aliphatic carbocycles. The monoisotopic (exact) mass is 714 g/mol. The molecule has 1 aliphatic heterocycles. The molecule has 0 saturated carbocycles. The van der Waals surface area contributed by atoms with Crippen LogP contribution < -0.4 is 35.0 Å². The summed E-state index contributed by atoms with van der Waals surface area (Å²) >= 11 is 9.72. The molecule has 0 bridgehead atoms.